The molecule has 0 saturated carbocycles. The van der Waals surface area contributed by atoms with E-state index < -0.39 is 0 Å². The van der Waals surface area contributed by atoms with Gasteiger partial charge in [0.15, 0.2) is 0 Å². The number of fused-ring (bicyclic) bond motifs is 1. The van der Waals surface area contributed by atoms with Gasteiger partial charge in [0.2, 0.25) is 0 Å². The van der Waals surface area contributed by atoms with Gasteiger partial charge in [0.25, 0.3) is 11.1 Å². The third kappa shape index (κ3) is 3.41. The molecule has 0 N–H and O–H groups in total. The lowest BCUT2D eigenvalue weighted by atomic mass is 10.1. The topological polar surface area (TPSA) is 60.2 Å². The van der Waals surface area contributed by atoms with Crippen molar-refractivity contribution in [3.05, 3.63) is 41.2 Å². The molecule has 136 valence electrons. The van der Waals surface area contributed by atoms with Crippen LogP contribution in [0.1, 0.15) is 30.3 Å². The number of halogens is 1. The lowest BCUT2D eigenvalue weighted by molar-refractivity contribution is 0.0589. The van der Waals surface area contributed by atoms with Crippen LogP contribution in [-0.2, 0) is 6.54 Å². The van der Waals surface area contributed by atoms with Crippen LogP contribution in [-0.4, -0.2) is 44.8 Å². The Bertz CT molecular complexity index is 930. The Morgan fingerprint density at radius 2 is 2.15 bits per heavy atom. The van der Waals surface area contributed by atoms with Gasteiger partial charge in [0.05, 0.1) is 9.72 Å². The van der Waals surface area contributed by atoms with E-state index in [4.69, 9.17) is 16.3 Å². The smallest absolute Gasteiger partial charge is 0.274 e. The molecule has 2 aromatic heterocycles. The number of aryl methyl sites for hydroxylation is 1. The highest BCUT2D eigenvalue weighted by molar-refractivity contribution is 7.20. The summed E-state index contributed by atoms with van der Waals surface area (Å²) in [7, 11) is 0. The van der Waals surface area contributed by atoms with Gasteiger partial charge >= 0.3 is 0 Å². The van der Waals surface area contributed by atoms with Gasteiger partial charge in [-0.05, 0) is 25.1 Å². The van der Waals surface area contributed by atoms with Crippen LogP contribution >= 0.6 is 22.9 Å². The van der Waals surface area contributed by atoms with Crippen LogP contribution in [0.2, 0.25) is 5.02 Å². The van der Waals surface area contributed by atoms with Crippen molar-refractivity contribution < 1.29 is 9.53 Å². The van der Waals surface area contributed by atoms with Crippen LogP contribution in [0.25, 0.3) is 10.2 Å². The van der Waals surface area contributed by atoms with Gasteiger partial charge in [-0.3, -0.25) is 9.48 Å². The van der Waals surface area contributed by atoms with Crippen molar-refractivity contribution in [1.29, 1.82) is 0 Å². The number of hydrogen-bond donors (Lipinski definition) is 0. The van der Waals surface area contributed by atoms with Crippen LogP contribution in [0.5, 0.6) is 5.19 Å². The molecule has 4 rings (SSSR count). The molecular weight excluding hydrogens is 372 g/mol. The molecule has 1 aliphatic rings. The largest absolute Gasteiger partial charge is 0.467 e. The number of carbonyl (C=O) groups excluding carboxylic acids is 1. The fourth-order valence-corrected chi connectivity index (χ4v) is 4.26. The van der Waals surface area contributed by atoms with Crippen LogP contribution in [0.4, 0.5) is 0 Å². The van der Waals surface area contributed by atoms with E-state index in [0.717, 1.165) is 29.6 Å². The number of amides is 1. The van der Waals surface area contributed by atoms with E-state index in [1.54, 1.807) is 10.7 Å². The van der Waals surface area contributed by atoms with Crippen molar-refractivity contribution in [2.45, 2.75) is 32.4 Å². The number of likely N-dealkylation sites (tertiary alicyclic amines) is 1. The molecule has 0 atom stereocenters. The number of nitrogens with zero attached hydrogens (tertiary/aromatic N) is 4. The van der Waals surface area contributed by atoms with Crippen molar-refractivity contribution in [1.82, 2.24) is 19.7 Å². The monoisotopic (exact) mass is 390 g/mol. The predicted octanol–water partition coefficient (Wildman–Crippen LogP) is 3.85. The van der Waals surface area contributed by atoms with Crippen molar-refractivity contribution in [3.8, 4) is 5.19 Å². The summed E-state index contributed by atoms with van der Waals surface area (Å²) in [6.07, 6.45) is 3.46. The molecular formula is C18H19ClN4O2S. The summed E-state index contributed by atoms with van der Waals surface area (Å²) in [6.45, 7) is 4.08. The molecule has 1 aromatic carbocycles. The first-order valence-corrected chi connectivity index (χ1v) is 9.88. The number of rotatable bonds is 4. The molecule has 0 radical (unpaired) electrons. The van der Waals surface area contributed by atoms with Crippen molar-refractivity contribution in [2.75, 3.05) is 13.1 Å². The first kappa shape index (κ1) is 17.3. The van der Waals surface area contributed by atoms with E-state index >= 15 is 0 Å². The Kier molecular flexibility index (Phi) is 4.82. The molecule has 3 aromatic rings. The maximum Gasteiger partial charge on any atom is 0.274 e. The van der Waals surface area contributed by atoms with Crippen molar-refractivity contribution in [2.24, 2.45) is 0 Å². The van der Waals surface area contributed by atoms with Crippen molar-refractivity contribution in [3.63, 3.8) is 0 Å². The number of aromatic nitrogens is 3. The molecule has 1 aliphatic heterocycles. The highest BCUT2D eigenvalue weighted by atomic mass is 35.5. The summed E-state index contributed by atoms with van der Waals surface area (Å²) in [6, 6.07) is 7.51. The van der Waals surface area contributed by atoms with Gasteiger partial charge in [-0.15, -0.1) is 0 Å². The Hall–Kier alpha value is -2.12. The van der Waals surface area contributed by atoms with Crippen LogP contribution in [0, 0.1) is 0 Å². The standard InChI is InChI=1S/C18H19ClN4O2S/c1-2-23-11-8-14(21-23)17(24)22-9-6-12(7-10-22)25-18-20-16-13(19)4-3-5-15(16)26-18/h3-5,8,11-12H,2,6-7,9-10H2,1H3. The number of thiazole rings is 1. The molecule has 1 fully saturated rings. The number of benzene rings is 1. The van der Waals surface area contributed by atoms with Crippen LogP contribution < -0.4 is 4.74 Å². The van der Waals surface area contributed by atoms with Gasteiger partial charge in [-0.1, -0.05) is 29.0 Å². The maximum atomic E-state index is 12.5. The van der Waals surface area contributed by atoms with Crippen LogP contribution in [0.3, 0.4) is 0 Å². The van der Waals surface area contributed by atoms with Gasteiger partial charge in [-0.25, -0.2) is 4.98 Å². The molecule has 1 amide bonds. The third-order valence-corrected chi connectivity index (χ3v) is 5.75. The van der Waals surface area contributed by atoms with Gasteiger partial charge in [-0.2, -0.15) is 5.10 Å². The average molecular weight is 391 g/mol. The van der Waals surface area contributed by atoms with E-state index in [1.165, 1.54) is 11.3 Å². The van der Waals surface area contributed by atoms with E-state index in [9.17, 15) is 4.79 Å². The van der Waals surface area contributed by atoms with E-state index in [-0.39, 0.29) is 12.0 Å². The van der Waals surface area contributed by atoms with Crippen LogP contribution in [0.15, 0.2) is 30.5 Å². The minimum Gasteiger partial charge on any atom is -0.467 e. The highest BCUT2D eigenvalue weighted by Gasteiger charge is 2.26. The molecule has 1 saturated heterocycles. The summed E-state index contributed by atoms with van der Waals surface area (Å²) in [5, 5.41) is 5.57. The van der Waals surface area contributed by atoms with Gasteiger partial charge in [0, 0.05) is 38.7 Å². The SMILES string of the molecule is CCn1ccc(C(=O)N2CCC(Oc3nc4c(Cl)cccc4s3)CC2)n1. The second-order valence-electron chi connectivity index (χ2n) is 6.23. The van der Waals surface area contributed by atoms with Gasteiger partial charge in [0.1, 0.15) is 17.3 Å². The Labute approximate surface area is 160 Å². The lowest BCUT2D eigenvalue weighted by Crippen LogP contribution is -2.42. The second kappa shape index (κ2) is 7.25. The number of carbonyl (C=O) groups is 1. The summed E-state index contributed by atoms with van der Waals surface area (Å²) < 4.78 is 8.83. The predicted molar refractivity (Wildman–Crippen MR) is 102 cm³/mol. The van der Waals surface area contributed by atoms with E-state index in [2.05, 4.69) is 10.1 Å². The average Bonchev–Trinajstić information content (AvgIpc) is 3.29. The zero-order chi connectivity index (χ0) is 18.1. The Balaban J connectivity index is 1.37. The third-order valence-electron chi connectivity index (χ3n) is 4.53. The molecule has 0 unspecified atom stereocenters. The fourth-order valence-electron chi connectivity index (χ4n) is 3.08. The van der Waals surface area contributed by atoms with E-state index in [1.807, 2.05) is 36.2 Å². The molecule has 0 aliphatic carbocycles. The maximum absolute atomic E-state index is 12.5. The summed E-state index contributed by atoms with van der Waals surface area (Å²) in [5.41, 5.74) is 1.29. The second-order valence-corrected chi connectivity index (χ2v) is 7.63. The number of hydrogen-bond acceptors (Lipinski definition) is 5. The number of piperidine rings is 1. The quantitative estimate of drug-likeness (QED) is 0.678. The Morgan fingerprint density at radius 3 is 2.85 bits per heavy atom. The number of ether oxygens (including phenoxy) is 1. The zero-order valence-electron chi connectivity index (χ0n) is 14.4. The zero-order valence-corrected chi connectivity index (χ0v) is 16.0. The molecule has 0 bridgehead atoms. The molecule has 8 heteroatoms. The summed E-state index contributed by atoms with van der Waals surface area (Å²) in [5.74, 6) is -0.0116. The molecule has 3 heterocycles. The summed E-state index contributed by atoms with van der Waals surface area (Å²) in [4.78, 5) is 18.9. The highest BCUT2D eigenvalue weighted by Crippen LogP contribution is 2.33. The summed E-state index contributed by atoms with van der Waals surface area (Å²) >= 11 is 7.68. The fraction of sp³-hybridized carbons (Fsp3) is 0.389. The molecule has 0 spiro atoms. The van der Waals surface area contributed by atoms with Gasteiger partial charge < -0.3 is 9.64 Å². The van der Waals surface area contributed by atoms with Crippen molar-refractivity contribution >= 4 is 39.1 Å². The first-order chi connectivity index (χ1) is 12.6. The molecule has 26 heavy (non-hydrogen) atoms. The van der Waals surface area contributed by atoms with E-state index in [0.29, 0.717) is 29.0 Å². The minimum absolute atomic E-state index is 0.0116. The lowest BCUT2D eigenvalue weighted by Gasteiger charge is -2.31. The normalized spacial score (nSPS) is 15.5. The first-order valence-electron chi connectivity index (χ1n) is 8.68. The number of para-hydroxylation sites is 1. The molecule has 6 nitrogen and oxygen atoms in total. The minimum atomic E-state index is -0.0116. The Morgan fingerprint density at radius 1 is 1.35 bits per heavy atom.